The van der Waals surface area contributed by atoms with Gasteiger partial charge in [-0.25, -0.2) is 8.42 Å². The summed E-state index contributed by atoms with van der Waals surface area (Å²) in [6.07, 6.45) is 3.31. The number of amides is 2. The van der Waals surface area contributed by atoms with Crippen molar-refractivity contribution in [3.8, 4) is 0 Å². The lowest BCUT2D eigenvalue weighted by atomic mass is 10.0. The number of fused-ring (bicyclic) bond motifs is 1. The predicted molar refractivity (Wildman–Crippen MR) is 155 cm³/mol. The molecule has 1 aromatic carbocycles. The highest BCUT2D eigenvalue weighted by molar-refractivity contribution is 7.89. The first kappa shape index (κ1) is 30.3. The monoisotopic (exact) mass is 562 g/mol. The normalized spacial score (nSPS) is 13.9. The molecule has 0 saturated carbocycles. The van der Waals surface area contributed by atoms with Crippen molar-refractivity contribution >= 4 is 38.2 Å². The molecule has 210 valence electrons. The van der Waals surface area contributed by atoms with E-state index in [9.17, 15) is 18.0 Å². The summed E-state index contributed by atoms with van der Waals surface area (Å²) >= 11 is 1.48. The largest absolute Gasteiger partial charge is 0.339 e. The fraction of sp³-hybridized carbons (Fsp3) is 0.571. The van der Waals surface area contributed by atoms with Gasteiger partial charge in [0.2, 0.25) is 10.0 Å². The molecule has 0 radical (unpaired) electrons. The van der Waals surface area contributed by atoms with Crippen molar-refractivity contribution in [1.29, 1.82) is 0 Å². The molecule has 38 heavy (non-hydrogen) atoms. The van der Waals surface area contributed by atoms with Crippen molar-refractivity contribution in [2.75, 3.05) is 44.6 Å². The molecule has 2 heterocycles. The number of sulfonamides is 1. The van der Waals surface area contributed by atoms with Crippen LogP contribution in [0, 0.1) is 0 Å². The lowest BCUT2D eigenvalue weighted by molar-refractivity contribution is 0.0772. The number of anilines is 1. The van der Waals surface area contributed by atoms with E-state index in [-0.39, 0.29) is 16.7 Å². The van der Waals surface area contributed by atoms with E-state index >= 15 is 0 Å². The van der Waals surface area contributed by atoms with E-state index in [2.05, 4.69) is 17.1 Å². The second-order valence-corrected chi connectivity index (χ2v) is 12.6. The highest BCUT2D eigenvalue weighted by Gasteiger charge is 2.30. The smallest absolute Gasteiger partial charge is 0.257 e. The summed E-state index contributed by atoms with van der Waals surface area (Å²) < 4.78 is 27.7. The molecule has 2 amide bonds. The van der Waals surface area contributed by atoms with Crippen molar-refractivity contribution in [1.82, 2.24) is 14.1 Å². The summed E-state index contributed by atoms with van der Waals surface area (Å²) in [6, 6.07) is 6.07. The van der Waals surface area contributed by atoms with Crippen molar-refractivity contribution in [3.63, 3.8) is 0 Å². The van der Waals surface area contributed by atoms with E-state index in [1.54, 1.807) is 17.0 Å². The maximum Gasteiger partial charge on any atom is 0.257 e. The number of hydrogen-bond donors (Lipinski definition) is 1. The van der Waals surface area contributed by atoms with Crippen LogP contribution in [0.3, 0.4) is 0 Å². The molecule has 0 spiro atoms. The van der Waals surface area contributed by atoms with Crippen molar-refractivity contribution in [3.05, 3.63) is 45.8 Å². The van der Waals surface area contributed by atoms with Gasteiger partial charge < -0.3 is 10.2 Å². The van der Waals surface area contributed by atoms with Gasteiger partial charge in [-0.15, -0.1) is 11.3 Å². The van der Waals surface area contributed by atoms with E-state index in [1.807, 2.05) is 27.7 Å². The first-order valence-electron chi connectivity index (χ1n) is 13.8. The molecule has 1 N–H and O–H groups in total. The number of nitrogens with zero attached hydrogens (tertiary/aromatic N) is 3. The topological polar surface area (TPSA) is 90.0 Å². The van der Waals surface area contributed by atoms with E-state index < -0.39 is 10.0 Å². The van der Waals surface area contributed by atoms with Gasteiger partial charge in [-0.1, -0.05) is 20.8 Å². The Balaban J connectivity index is 1.89. The van der Waals surface area contributed by atoms with E-state index in [1.165, 1.54) is 27.8 Å². The Bertz CT molecular complexity index is 1200. The van der Waals surface area contributed by atoms with Crippen LogP contribution in [0.5, 0.6) is 0 Å². The number of rotatable bonds is 13. The highest BCUT2D eigenvalue weighted by atomic mass is 32.2. The van der Waals surface area contributed by atoms with Gasteiger partial charge in [0.05, 0.1) is 10.5 Å². The van der Waals surface area contributed by atoms with Crippen LogP contribution in [-0.2, 0) is 23.0 Å². The van der Waals surface area contributed by atoms with Crippen LogP contribution in [-0.4, -0.2) is 73.6 Å². The molecule has 10 heteroatoms. The lowest BCUT2D eigenvalue weighted by Crippen LogP contribution is -2.34. The maximum atomic E-state index is 13.5. The molecule has 0 fully saturated rings. The summed E-state index contributed by atoms with van der Waals surface area (Å²) in [4.78, 5) is 32.3. The van der Waals surface area contributed by atoms with E-state index in [0.717, 1.165) is 55.8 Å². The molecule has 0 aliphatic carbocycles. The minimum atomic E-state index is -3.62. The number of carbonyl (C=O) groups is 2. The SMILES string of the molecule is CCCN1CCc2c(sc(NC(=O)c3ccc(S(=O)(=O)N(CCC)CCC)cc3)c2C(=O)N(CC)CC)C1. The summed E-state index contributed by atoms with van der Waals surface area (Å²) in [5.74, 6) is -0.411. The van der Waals surface area contributed by atoms with Crippen LogP contribution in [0.1, 0.15) is 85.0 Å². The lowest BCUT2D eigenvalue weighted by Gasteiger charge is -2.27. The maximum absolute atomic E-state index is 13.5. The summed E-state index contributed by atoms with van der Waals surface area (Å²) in [5.41, 5.74) is 2.00. The number of benzene rings is 1. The molecule has 1 aliphatic rings. The number of hydrogen-bond acceptors (Lipinski definition) is 6. The summed E-state index contributed by atoms with van der Waals surface area (Å²) in [6.45, 7) is 14.8. The minimum Gasteiger partial charge on any atom is -0.339 e. The molecule has 3 rings (SSSR count). The Morgan fingerprint density at radius 3 is 2.16 bits per heavy atom. The zero-order valence-electron chi connectivity index (χ0n) is 23.4. The van der Waals surface area contributed by atoms with E-state index in [4.69, 9.17) is 0 Å². The standard InChI is InChI=1S/C28H42N4O4S2/c1-6-16-30-19-15-23-24(20-30)37-27(25(23)28(34)31(9-4)10-5)29-26(33)21-11-13-22(14-12-21)38(35,36)32(17-7-2)18-8-3/h11-14H,6-10,15-20H2,1-5H3,(H,29,33). The Kier molecular flexibility index (Phi) is 10.9. The Hall–Kier alpha value is -2.27. The molecule has 0 bridgehead atoms. The van der Waals surface area contributed by atoms with Crippen LogP contribution in [0.4, 0.5) is 5.00 Å². The van der Waals surface area contributed by atoms with Gasteiger partial charge in [-0.2, -0.15) is 4.31 Å². The molecule has 1 aromatic heterocycles. The third-order valence-corrected chi connectivity index (χ3v) is 9.91. The molecule has 0 unspecified atom stereocenters. The number of thiophene rings is 1. The second-order valence-electron chi connectivity index (χ2n) is 9.59. The zero-order valence-corrected chi connectivity index (χ0v) is 25.0. The molecule has 0 saturated heterocycles. The zero-order chi connectivity index (χ0) is 27.9. The van der Waals surface area contributed by atoms with Gasteiger partial charge in [0.1, 0.15) is 5.00 Å². The first-order chi connectivity index (χ1) is 18.2. The average molecular weight is 563 g/mol. The number of carbonyl (C=O) groups excluding carboxylic acids is 2. The van der Waals surface area contributed by atoms with Crippen LogP contribution in [0.25, 0.3) is 0 Å². The second kappa shape index (κ2) is 13.7. The van der Waals surface area contributed by atoms with Crippen LogP contribution in [0.2, 0.25) is 0 Å². The molecular formula is C28H42N4O4S2. The summed E-state index contributed by atoms with van der Waals surface area (Å²) in [7, 11) is -3.62. The van der Waals surface area contributed by atoms with Gasteiger partial charge in [0, 0.05) is 49.7 Å². The predicted octanol–water partition coefficient (Wildman–Crippen LogP) is 5.06. The van der Waals surface area contributed by atoms with Crippen LogP contribution in [0.15, 0.2) is 29.2 Å². The number of nitrogens with one attached hydrogen (secondary N) is 1. The van der Waals surface area contributed by atoms with Crippen LogP contribution >= 0.6 is 11.3 Å². The third kappa shape index (κ3) is 6.65. The highest BCUT2D eigenvalue weighted by Crippen LogP contribution is 2.38. The van der Waals surface area contributed by atoms with Gasteiger partial charge >= 0.3 is 0 Å². The summed E-state index contributed by atoms with van der Waals surface area (Å²) in [5, 5.41) is 3.56. The first-order valence-corrected chi connectivity index (χ1v) is 16.0. The average Bonchev–Trinajstić information content (AvgIpc) is 3.26. The third-order valence-electron chi connectivity index (χ3n) is 6.87. The Morgan fingerprint density at radius 1 is 0.974 bits per heavy atom. The Morgan fingerprint density at radius 2 is 1.61 bits per heavy atom. The van der Waals surface area contributed by atoms with Gasteiger partial charge in [0.15, 0.2) is 0 Å². The minimum absolute atomic E-state index is 0.0554. The molecule has 2 aromatic rings. The van der Waals surface area contributed by atoms with Crippen LogP contribution < -0.4 is 5.32 Å². The molecule has 0 atom stereocenters. The van der Waals surface area contributed by atoms with Gasteiger partial charge in [0.25, 0.3) is 11.8 Å². The molecule has 1 aliphatic heterocycles. The quantitative estimate of drug-likeness (QED) is 0.369. The fourth-order valence-electron chi connectivity index (χ4n) is 4.90. The molecular weight excluding hydrogens is 520 g/mol. The Labute approximate surface area is 232 Å². The fourth-order valence-corrected chi connectivity index (χ4v) is 7.80. The van der Waals surface area contributed by atoms with Crippen molar-refractivity contribution in [2.24, 2.45) is 0 Å². The van der Waals surface area contributed by atoms with Crippen molar-refractivity contribution < 1.29 is 18.0 Å². The van der Waals surface area contributed by atoms with Crippen molar-refractivity contribution in [2.45, 2.75) is 71.7 Å². The molecule has 8 nitrogen and oxygen atoms in total. The van der Waals surface area contributed by atoms with E-state index in [0.29, 0.717) is 42.3 Å². The van der Waals surface area contributed by atoms with Gasteiger partial charge in [-0.3, -0.25) is 14.5 Å². The van der Waals surface area contributed by atoms with Gasteiger partial charge in [-0.05, 0) is 75.9 Å².